The summed E-state index contributed by atoms with van der Waals surface area (Å²) in [5.41, 5.74) is 0.722. The first kappa shape index (κ1) is 20.2. The van der Waals surface area contributed by atoms with Gasteiger partial charge in [-0.3, -0.25) is 9.10 Å². The zero-order chi connectivity index (χ0) is 20.3. The van der Waals surface area contributed by atoms with Crippen molar-refractivity contribution in [1.29, 1.82) is 0 Å². The topological polar surface area (TPSA) is 69.7 Å². The number of nitrogens with one attached hydrogen (secondary N) is 1. The molecule has 0 atom stereocenters. The molecule has 2 aromatic rings. The number of nitrogens with zero attached hydrogens (tertiary/aromatic N) is 2. The third kappa shape index (κ3) is 4.26. The van der Waals surface area contributed by atoms with Gasteiger partial charge in [0.2, 0.25) is 5.91 Å². The maximum absolute atomic E-state index is 12.9. The fourth-order valence-electron chi connectivity index (χ4n) is 4.38. The lowest BCUT2D eigenvalue weighted by Crippen LogP contribution is -2.36. The van der Waals surface area contributed by atoms with Gasteiger partial charge in [0.15, 0.2) is 0 Å². The van der Waals surface area contributed by atoms with Crippen LogP contribution in [0.1, 0.15) is 38.5 Å². The summed E-state index contributed by atoms with van der Waals surface area (Å²) in [6, 6.07) is 11.0. The number of hydrogen-bond acceptors (Lipinski definition) is 4. The number of likely N-dealkylation sites (tertiary alicyclic amines) is 1. The van der Waals surface area contributed by atoms with Crippen LogP contribution < -0.4 is 9.62 Å². The summed E-state index contributed by atoms with van der Waals surface area (Å²) in [4.78, 5) is 15.0. The Hall–Kier alpha value is -2.12. The van der Waals surface area contributed by atoms with E-state index in [1.165, 1.54) is 30.0 Å². The molecule has 1 N–H and O–H groups in total. The zero-order valence-electron chi connectivity index (χ0n) is 16.8. The van der Waals surface area contributed by atoms with Crippen LogP contribution in [-0.2, 0) is 14.8 Å². The maximum Gasteiger partial charge on any atom is 0.265 e. The summed E-state index contributed by atoms with van der Waals surface area (Å²) < 4.78 is 27.3. The summed E-state index contributed by atoms with van der Waals surface area (Å²) in [7, 11) is -3.54. The van der Waals surface area contributed by atoms with Gasteiger partial charge >= 0.3 is 0 Å². The van der Waals surface area contributed by atoms with Gasteiger partial charge in [0.1, 0.15) is 0 Å². The van der Waals surface area contributed by atoms with Crippen molar-refractivity contribution >= 4 is 32.4 Å². The van der Waals surface area contributed by atoms with Crippen LogP contribution in [0.15, 0.2) is 41.3 Å². The minimum absolute atomic E-state index is 0.00728. The molecule has 4 rings (SSSR count). The third-order valence-electron chi connectivity index (χ3n) is 5.90. The number of amides is 1. The smallest absolute Gasteiger partial charge is 0.265 e. The second-order valence-electron chi connectivity index (χ2n) is 7.92. The summed E-state index contributed by atoms with van der Waals surface area (Å²) in [6.45, 7) is 4.11. The molecule has 29 heavy (non-hydrogen) atoms. The SMILES string of the molecule is O=C(CCCN1c2cccc3cccc(c23)S1(=O)=O)NCCN1CCCCCC1. The van der Waals surface area contributed by atoms with Crippen molar-refractivity contribution < 1.29 is 13.2 Å². The molecular weight excluding hydrogens is 386 g/mol. The molecule has 1 amide bonds. The van der Waals surface area contributed by atoms with Crippen LogP contribution >= 0.6 is 0 Å². The van der Waals surface area contributed by atoms with Crippen LogP contribution in [0.25, 0.3) is 10.8 Å². The molecular formula is C22H29N3O3S. The highest BCUT2D eigenvalue weighted by Crippen LogP contribution is 2.41. The zero-order valence-corrected chi connectivity index (χ0v) is 17.6. The molecule has 2 heterocycles. The van der Waals surface area contributed by atoms with E-state index in [1.807, 2.05) is 24.3 Å². The molecule has 0 unspecified atom stereocenters. The molecule has 2 aromatic carbocycles. The normalized spacial score (nSPS) is 18.7. The second-order valence-corrected chi connectivity index (χ2v) is 9.75. The van der Waals surface area contributed by atoms with Gasteiger partial charge in [-0.2, -0.15) is 0 Å². The summed E-state index contributed by atoms with van der Waals surface area (Å²) >= 11 is 0. The highest BCUT2D eigenvalue weighted by molar-refractivity contribution is 7.93. The fraction of sp³-hybridized carbons (Fsp3) is 0.500. The van der Waals surface area contributed by atoms with E-state index in [9.17, 15) is 13.2 Å². The average Bonchev–Trinajstić information content (AvgIpc) is 2.88. The molecule has 1 saturated heterocycles. The van der Waals surface area contributed by atoms with Gasteiger partial charge in [-0.25, -0.2) is 8.42 Å². The van der Waals surface area contributed by atoms with Crippen molar-refractivity contribution in [3.8, 4) is 0 Å². The summed E-state index contributed by atoms with van der Waals surface area (Å²) in [6.07, 6.45) is 5.93. The van der Waals surface area contributed by atoms with Gasteiger partial charge in [0.25, 0.3) is 10.0 Å². The lowest BCUT2D eigenvalue weighted by molar-refractivity contribution is -0.121. The van der Waals surface area contributed by atoms with Crippen molar-refractivity contribution in [2.24, 2.45) is 0 Å². The van der Waals surface area contributed by atoms with Gasteiger partial charge in [0, 0.05) is 31.4 Å². The highest BCUT2D eigenvalue weighted by atomic mass is 32.2. The Balaban J connectivity index is 1.29. The number of hydrogen-bond donors (Lipinski definition) is 1. The van der Waals surface area contributed by atoms with Crippen LogP contribution in [0.5, 0.6) is 0 Å². The van der Waals surface area contributed by atoms with Crippen molar-refractivity contribution in [2.75, 3.05) is 37.0 Å². The van der Waals surface area contributed by atoms with E-state index in [1.54, 1.807) is 12.1 Å². The molecule has 156 valence electrons. The first-order valence-electron chi connectivity index (χ1n) is 10.6. The number of rotatable bonds is 7. The molecule has 2 aliphatic heterocycles. The Morgan fingerprint density at radius 1 is 0.966 bits per heavy atom. The van der Waals surface area contributed by atoms with E-state index < -0.39 is 10.0 Å². The first-order valence-corrected chi connectivity index (χ1v) is 12.0. The minimum Gasteiger partial charge on any atom is -0.355 e. The number of sulfonamides is 1. The van der Waals surface area contributed by atoms with E-state index in [0.29, 0.717) is 30.8 Å². The number of benzene rings is 2. The molecule has 0 radical (unpaired) electrons. The molecule has 1 fully saturated rings. The van der Waals surface area contributed by atoms with Crippen LogP contribution in [0.3, 0.4) is 0 Å². The third-order valence-corrected chi connectivity index (χ3v) is 7.75. The van der Waals surface area contributed by atoms with Crippen molar-refractivity contribution in [2.45, 2.75) is 43.4 Å². The lowest BCUT2D eigenvalue weighted by atomic mass is 10.1. The number of carbonyl (C=O) groups is 1. The molecule has 6 nitrogen and oxygen atoms in total. The molecule has 0 saturated carbocycles. The molecule has 0 spiro atoms. The molecule has 2 aliphatic rings. The Labute approximate surface area is 172 Å². The number of anilines is 1. The second kappa shape index (κ2) is 8.71. The summed E-state index contributed by atoms with van der Waals surface area (Å²) in [5.74, 6) is -0.00728. The van der Waals surface area contributed by atoms with Crippen LogP contribution in [0.4, 0.5) is 5.69 Å². The number of carbonyl (C=O) groups excluding carboxylic acids is 1. The van der Waals surface area contributed by atoms with Gasteiger partial charge in [0.05, 0.1) is 10.6 Å². The molecule has 0 bridgehead atoms. The van der Waals surface area contributed by atoms with E-state index in [0.717, 1.165) is 36.1 Å². The van der Waals surface area contributed by atoms with Crippen LogP contribution in [0.2, 0.25) is 0 Å². The predicted molar refractivity (Wildman–Crippen MR) is 116 cm³/mol. The van der Waals surface area contributed by atoms with Crippen molar-refractivity contribution in [1.82, 2.24) is 10.2 Å². The predicted octanol–water partition coefficient (Wildman–Crippen LogP) is 3.12. The largest absolute Gasteiger partial charge is 0.355 e. The fourth-order valence-corrected chi connectivity index (χ4v) is 6.13. The maximum atomic E-state index is 12.9. The van der Waals surface area contributed by atoms with E-state index in [4.69, 9.17) is 0 Å². The van der Waals surface area contributed by atoms with Gasteiger partial charge < -0.3 is 10.2 Å². The van der Waals surface area contributed by atoms with Crippen molar-refractivity contribution in [3.63, 3.8) is 0 Å². The van der Waals surface area contributed by atoms with Gasteiger partial charge in [-0.1, -0.05) is 37.1 Å². The Morgan fingerprint density at radius 2 is 1.69 bits per heavy atom. The van der Waals surface area contributed by atoms with E-state index in [-0.39, 0.29) is 5.91 Å². The Bertz CT molecular complexity index is 977. The van der Waals surface area contributed by atoms with Crippen molar-refractivity contribution in [3.05, 3.63) is 36.4 Å². The van der Waals surface area contributed by atoms with Crippen LogP contribution in [0, 0.1) is 0 Å². The lowest BCUT2D eigenvalue weighted by Gasteiger charge is -2.20. The molecule has 0 aliphatic carbocycles. The van der Waals surface area contributed by atoms with Gasteiger partial charge in [-0.05, 0) is 49.9 Å². The van der Waals surface area contributed by atoms with Crippen LogP contribution in [-0.4, -0.2) is 51.9 Å². The molecule has 7 heteroatoms. The van der Waals surface area contributed by atoms with E-state index >= 15 is 0 Å². The Morgan fingerprint density at radius 3 is 2.45 bits per heavy atom. The molecule has 0 aromatic heterocycles. The summed E-state index contributed by atoms with van der Waals surface area (Å²) in [5, 5.41) is 4.70. The standard InChI is InChI=1S/C22H29N3O3S/c26-21(23-13-17-24-14-3-1-2-4-15-24)12-7-16-25-19-10-5-8-18-9-6-11-20(22(18)19)29(25,27)28/h5-6,8-11H,1-4,7,12-17H2,(H,23,26). The first-order chi connectivity index (χ1) is 14.1. The average molecular weight is 416 g/mol. The quantitative estimate of drug-likeness (QED) is 0.754. The monoisotopic (exact) mass is 415 g/mol. The minimum atomic E-state index is -3.54. The van der Waals surface area contributed by atoms with Gasteiger partial charge in [-0.15, -0.1) is 0 Å². The van der Waals surface area contributed by atoms with E-state index in [2.05, 4.69) is 10.2 Å². The highest BCUT2D eigenvalue weighted by Gasteiger charge is 2.34. The Kier molecular flexibility index (Phi) is 6.06.